The van der Waals surface area contributed by atoms with Crippen molar-refractivity contribution in [3.8, 4) is 11.5 Å². The normalized spacial score (nSPS) is 14.3. The lowest BCUT2D eigenvalue weighted by Gasteiger charge is -2.33. The van der Waals surface area contributed by atoms with Gasteiger partial charge in [-0.15, -0.1) is 0 Å². The minimum atomic E-state index is -0.234. The molecule has 166 valence electrons. The number of anilines is 1. The summed E-state index contributed by atoms with van der Waals surface area (Å²) in [6.07, 6.45) is 1.73. The van der Waals surface area contributed by atoms with E-state index in [9.17, 15) is 9.59 Å². The molecule has 0 radical (unpaired) electrons. The zero-order valence-corrected chi connectivity index (χ0v) is 18.7. The van der Waals surface area contributed by atoms with E-state index in [0.717, 1.165) is 43.2 Å². The zero-order chi connectivity index (χ0) is 22.7. The molecule has 32 heavy (non-hydrogen) atoms. The van der Waals surface area contributed by atoms with Crippen LogP contribution in [0.15, 0.2) is 54.6 Å². The van der Waals surface area contributed by atoms with Gasteiger partial charge in [0.2, 0.25) is 5.91 Å². The molecule has 1 aliphatic rings. The number of hydrogen-bond acceptors (Lipinski definition) is 4. The van der Waals surface area contributed by atoms with Crippen molar-refractivity contribution in [3.05, 3.63) is 71.8 Å². The summed E-state index contributed by atoms with van der Waals surface area (Å²) in [4.78, 5) is 31.0. The number of likely N-dealkylation sites (tertiary alicyclic amines) is 1. The number of nitrogens with one attached hydrogen (secondary N) is 1. The first-order valence-corrected chi connectivity index (χ1v) is 10.9. The van der Waals surface area contributed by atoms with Crippen LogP contribution in [0.4, 0.5) is 5.69 Å². The van der Waals surface area contributed by atoms with Gasteiger partial charge in [0.1, 0.15) is 23.0 Å². The monoisotopic (exact) mass is 432 g/mol. The number of carbonyl (C=O) groups is 2. The summed E-state index contributed by atoms with van der Waals surface area (Å²) in [6.45, 7) is 6.93. The summed E-state index contributed by atoms with van der Waals surface area (Å²) < 4.78 is 7.94. The second kappa shape index (κ2) is 9.26. The van der Waals surface area contributed by atoms with Gasteiger partial charge in [-0.05, 0) is 63.1 Å². The average Bonchev–Trinajstić information content (AvgIpc) is 3.10. The third-order valence-corrected chi connectivity index (χ3v) is 5.91. The Morgan fingerprint density at radius 1 is 0.969 bits per heavy atom. The summed E-state index contributed by atoms with van der Waals surface area (Å²) in [5.74, 6) is 2.16. The van der Waals surface area contributed by atoms with Crippen molar-refractivity contribution in [3.63, 3.8) is 0 Å². The number of amides is 2. The molecular formula is C25H28N4O3. The van der Waals surface area contributed by atoms with Gasteiger partial charge in [-0.3, -0.25) is 9.59 Å². The van der Waals surface area contributed by atoms with E-state index in [2.05, 4.69) is 14.9 Å². The summed E-state index contributed by atoms with van der Waals surface area (Å²) in [7, 11) is 0. The molecule has 3 aromatic rings. The lowest BCUT2D eigenvalue weighted by atomic mass is 10.0. The third-order valence-electron chi connectivity index (χ3n) is 5.91. The molecule has 1 saturated heterocycles. The Hall–Kier alpha value is -3.61. The molecule has 2 heterocycles. The predicted molar refractivity (Wildman–Crippen MR) is 123 cm³/mol. The standard InChI is InChI=1S/C25H28N4O3/c1-17-24(26-18(2)29(17)21-13-15-28(16-14-21)19(3)30)25(31)27-20-9-11-23(12-10-20)32-22-7-5-4-6-8-22/h4-12,21H,13-16H2,1-3H3,(H,27,31). The first-order valence-electron chi connectivity index (χ1n) is 10.9. The maximum atomic E-state index is 12.9. The number of imidazole rings is 1. The van der Waals surface area contributed by atoms with Gasteiger partial charge < -0.3 is 19.5 Å². The molecule has 0 saturated carbocycles. The first kappa shape index (κ1) is 21.6. The minimum absolute atomic E-state index is 0.114. The van der Waals surface area contributed by atoms with E-state index < -0.39 is 0 Å². The Kier molecular flexibility index (Phi) is 6.25. The summed E-state index contributed by atoms with van der Waals surface area (Å²) in [5, 5.41) is 2.93. The lowest BCUT2D eigenvalue weighted by molar-refractivity contribution is -0.130. The van der Waals surface area contributed by atoms with Crippen LogP contribution >= 0.6 is 0 Å². The number of ether oxygens (including phenoxy) is 1. The van der Waals surface area contributed by atoms with Crippen molar-refractivity contribution in [1.29, 1.82) is 0 Å². The molecule has 0 bridgehead atoms. The number of para-hydroxylation sites is 1. The maximum absolute atomic E-state index is 12.9. The number of hydrogen-bond donors (Lipinski definition) is 1. The molecule has 0 aliphatic carbocycles. The number of aromatic nitrogens is 2. The van der Waals surface area contributed by atoms with Crippen LogP contribution in [-0.2, 0) is 4.79 Å². The number of carbonyl (C=O) groups excluding carboxylic acids is 2. The largest absolute Gasteiger partial charge is 0.457 e. The van der Waals surface area contributed by atoms with E-state index in [1.807, 2.05) is 73.3 Å². The lowest BCUT2D eigenvalue weighted by Crippen LogP contribution is -2.38. The van der Waals surface area contributed by atoms with Gasteiger partial charge >= 0.3 is 0 Å². The molecule has 1 aromatic heterocycles. The fourth-order valence-corrected chi connectivity index (χ4v) is 4.27. The second-order valence-corrected chi connectivity index (χ2v) is 8.09. The van der Waals surface area contributed by atoms with Crippen molar-refractivity contribution in [2.24, 2.45) is 0 Å². The predicted octanol–water partition coefficient (Wildman–Crippen LogP) is 4.73. The van der Waals surface area contributed by atoms with Crippen LogP contribution in [-0.4, -0.2) is 39.4 Å². The van der Waals surface area contributed by atoms with Gasteiger partial charge in [0, 0.05) is 37.4 Å². The van der Waals surface area contributed by atoms with E-state index in [-0.39, 0.29) is 17.9 Å². The topological polar surface area (TPSA) is 76.5 Å². The van der Waals surface area contributed by atoms with Crippen LogP contribution < -0.4 is 10.1 Å². The molecule has 0 atom stereocenters. The minimum Gasteiger partial charge on any atom is -0.457 e. The Morgan fingerprint density at radius 2 is 1.59 bits per heavy atom. The van der Waals surface area contributed by atoms with Gasteiger partial charge in [0.15, 0.2) is 0 Å². The van der Waals surface area contributed by atoms with Gasteiger partial charge in [0.05, 0.1) is 0 Å². The van der Waals surface area contributed by atoms with Crippen molar-refractivity contribution < 1.29 is 14.3 Å². The number of aryl methyl sites for hydroxylation is 1. The van der Waals surface area contributed by atoms with Gasteiger partial charge in [-0.2, -0.15) is 0 Å². The van der Waals surface area contributed by atoms with Gasteiger partial charge in [-0.1, -0.05) is 18.2 Å². The molecule has 0 unspecified atom stereocenters. The molecule has 7 nitrogen and oxygen atoms in total. The maximum Gasteiger partial charge on any atom is 0.276 e. The quantitative estimate of drug-likeness (QED) is 0.632. The number of rotatable bonds is 5. The highest BCUT2D eigenvalue weighted by Gasteiger charge is 2.27. The Bertz CT molecular complexity index is 1100. The molecule has 1 aliphatic heterocycles. The van der Waals surface area contributed by atoms with Crippen LogP contribution in [0, 0.1) is 13.8 Å². The smallest absolute Gasteiger partial charge is 0.276 e. The molecule has 2 amide bonds. The molecule has 1 N–H and O–H groups in total. The highest BCUT2D eigenvalue weighted by atomic mass is 16.5. The molecule has 0 spiro atoms. The third kappa shape index (κ3) is 4.66. The average molecular weight is 433 g/mol. The van der Waals surface area contributed by atoms with Crippen molar-refractivity contribution in [2.75, 3.05) is 18.4 Å². The zero-order valence-electron chi connectivity index (χ0n) is 18.7. The van der Waals surface area contributed by atoms with Crippen LogP contribution in [0.2, 0.25) is 0 Å². The highest BCUT2D eigenvalue weighted by Crippen LogP contribution is 2.28. The highest BCUT2D eigenvalue weighted by molar-refractivity contribution is 6.03. The Balaban J connectivity index is 1.43. The summed E-state index contributed by atoms with van der Waals surface area (Å²) in [5.41, 5.74) is 1.96. The van der Waals surface area contributed by atoms with Crippen LogP contribution in [0.25, 0.3) is 0 Å². The Labute approximate surface area is 188 Å². The molecule has 1 fully saturated rings. The van der Waals surface area contributed by atoms with E-state index >= 15 is 0 Å². The SMILES string of the molecule is CC(=O)N1CCC(n2c(C)nc(C(=O)Nc3ccc(Oc4ccccc4)cc3)c2C)CC1. The summed E-state index contributed by atoms with van der Waals surface area (Å²) in [6, 6.07) is 17.1. The van der Waals surface area contributed by atoms with E-state index in [0.29, 0.717) is 17.1 Å². The van der Waals surface area contributed by atoms with Gasteiger partial charge in [-0.25, -0.2) is 4.98 Å². The number of nitrogens with zero attached hydrogens (tertiary/aromatic N) is 3. The van der Waals surface area contributed by atoms with Crippen molar-refractivity contribution >= 4 is 17.5 Å². The number of benzene rings is 2. The second-order valence-electron chi connectivity index (χ2n) is 8.09. The summed E-state index contributed by atoms with van der Waals surface area (Å²) >= 11 is 0. The van der Waals surface area contributed by atoms with Crippen LogP contribution in [0.1, 0.15) is 47.8 Å². The molecule has 4 rings (SSSR count). The molecule has 2 aromatic carbocycles. The van der Waals surface area contributed by atoms with Crippen molar-refractivity contribution in [2.45, 2.75) is 39.7 Å². The number of piperidine rings is 1. The fourth-order valence-electron chi connectivity index (χ4n) is 4.27. The van der Waals surface area contributed by atoms with Gasteiger partial charge in [0.25, 0.3) is 5.91 Å². The first-order chi connectivity index (χ1) is 15.4. The fraction of sp³-hybridized carbons (Fsp3) is 0.320. The Morgan fingerprint density at radius 3 is 2.22 bits per heavy atom. The van der Waals surface area contributed by atoms with Crippen molar-refractivity contribution in [1.82, 2.24) is 14.5 Å². The van der Waals surface area contributed by atoms with Crippen LogP contribution in [0.5, 0.6) is 11.5 Å². The van der Waals surface area contributed by atoms with Crippen LogP contribution in [0.3, 0.4) is 0 Å². The van der Waals surface area contributed by atoms with E-state index in [1.54, 1.807) is 6.92 Å². The van der Waals surface area contributed by atoms with E-state index in [4.69, 9.17) is 4.74 Å². The van der Waals surface area contributed by atoms with E-state index in [1.165, 1.54) is 0 Å². The molecular weight excluding hydrogens is 404 g/mol. The molecule has 7 heteroatoms.